The first-order chi connectivity index (χ1) is 6.09. The third-order valence-electron chi connectivity index (χ3n) is 1.33. The first-order valence-corrected chi connectivity index (χ1v) is 4.30. The molecule has 13 heavy (non-hydrogen) atoms. The summed E-state index contributed by atoms with van der Waals surface area (Å²) in [5.41, 5.74) is 0.526. The van der Waals surface area contributed by atoms with Gasteiger partial charge in [-0.25, -0.2) is 4.39 Å². The molecule has 1 aromatic rings. The Kier molecular flexibility index (Phi) is 3.19. The van der Waals surface area contributed by atoms with E-state index in [9.17, 15) is 9.18 Å². The second-order valence-corrected chi connectivity index (χ2v) is 3.29. The highest BCUT2D eigenvalue weighted by Crippen LogP contribution is 2.16. The van der Waals surface area contributed by atoms with Gasteiger partial charge in [-0.2, -0.15) is 0 Å². The van der Waals surface area contributed by atoms with Gasteiger partial charge >= 0.3 is 0 Å². The molecule has 68 valence electrons. The summed E-state index contributed by atoms with van der Waals surface area (Å²) in [5.74, 6) is -1.82. The number of amides is 1. The van der Waals surface area contributed by atoms with Crippen molar-refractivity contribution in [1.82, 2.24) is 0 Å². The van der Waals surface area contributed by atoms with Crippen LogP contribution in [0.25, 0.3) is 0 Å². The summed E-state index contributed by atoms with van der Waals surface area (Å²) in [6.07, 6.45) is 0. The molecular formula is C9H7BrFNO. The molecule has 0 saturated heterocycles. The highest BCUT2D eigenvalue weighted by atomic mass is 79.9. The molecule has 0 fully saturated rings. The fraction of sp³-hybridized carbons (Fsp3) is 0. The lowest BCUT2D eigenvalue weighted by molar-refractivity contribution is -0.114. The van der Waals surface area contributed by atoms with E-state index >= 15 is 0 Å². The zero-order valence-electron chi connectivity index (χ0n) is 6.68. The fourth-order valence-electron chi connectivity index (χ4n) is 0.765. The van der Waals surface area contributed by atoms with Gasteiger partial charge in [-0.3, -0.25) is 4.79 Å². The zero-order valence-corrected chi connectivity index (χ0v) is 8.27. The lowest BCUT2D eigenvalue weighted by Crippen LogP contribution is -2.10. The van der Waals surface area contributed by atoms with E-state index in [4.69, 9.17) is 0 Å². The van der Waals surface area contributed by atoms with Gasteiger partial charge in [0.05, 0.1) is 0 Å². The molecule has 4 heteroatoms. The lowest BCUT2D eigenvalue weighted by atomic mass is 10.3. The van der Waals surface area contributed by atoms with Crippen LogP contribution in [-0.4, -0.2) is 5.91 Å². The van der Waals surface area contributed by atoms with E-state index in [2.05, 4.69) is 27.8 Å². The van der Waals surface area contributed by atoms with Crippen molar-refractivity contribution in [2.45, 2.75) is 0 Å². The maximum atomic E-state index is 12.3. The Labute approximate surface area is 83.6 Å². The second kappa shape index (κ2) is 4.18. The van der Waals surface area contributed by atoms with E-state index < -0.39 is 11.7 Å². The SMILES string of the molecule is C=C(F)C(=O)Nc1cccc(Br)c1. The molecule has 0 radical (unpaired) electrons. The topological polar surface area (TPSA) is 29.1 Å². The largest absolute Gasteiger partial charge is 0.320 e. The number of rotatable bonds is 2. The van der Waals surface area contributed by atoms with Crippen molar-refractivity contribution < 1.29 is 9.18 Å². The molecule has 0 bridgehead atoms. The van der Waals surface area contributed by atoms with Crippen molar-refractivity contribution in [3.8, 4) is 0 Å². The maximum Gasteiger partial charge on any atom is 0.283 e. The highest BCUT2D eigenvalue weighted by molar-refractivity contribution is 9.10. The number of hydrogen-bond donors (Lipinski definition) is 1. The van der Waals surface area contributed by atoms with Gasteiger partial charge in [0.2, 0.25) is 0 Å². The maximum absolute atomic E-state index is 12.3. The summed E-state index contributed by atoms with van der Waals surface area (Å²) >= 11 is 3.22. The molecule has 0 spiro atoms. The van der Waals surface area contributed by atoms with Crippen LogP contribution in [0.1, 0.15) is 0 Å². The van der Waals surface area contributed by atoms with Crippen molar-refractivity contribution in [2.75, 3.05) is 5.32 Å². The minimum absolute atomic E-state index is 0.526. The van der Waals surface area contributed by atoms with Crippen LogP contribution >= 0.6 is 15.9 Å². The summed E-state index contributed by atoms with van der Waals surface area (Å²) in [6, 6.07) is 6.87. The van der Waals surface area contributed by atoms with Gasteiger partial charge in [0, 0.05) is 10.2 Å². The van der Waals surface area contributed by atoms with E-state index in [0.717, 1.165) is 4.47 Å². The summed E-state index contributed by atoms with van der Waals surface area (Å²) in [4.78, 5) is 10.8. The number of halogens is 2. The van der Waals surface area contributed by atoms with Gasteiger partial charge in [-0.15, -0.1) is 0 Å². The molecule has 1 rings (SSSR count). The molecule has 0 aliphatic rings. The normalized spacial score (nSPS) is 9.38. The van der Waals surface area contributed by atoms with E-state index in [1.54, 1.807) is 24.3 Å². The molecule has 2 nitrogen and oxygen atoms in total. The van der Waals surface area contributed by atoms with Crippen molar-refractivity contribution in [3.63, 3.8) is 0 Å². The molecule has 1 N–H and O–H groups in total. The van der Waals surface area contributed by atoms with Crippen LogP contribution in [0, 0.1) is 0 Å². The Morgan fingerprint density at radius 2 is 2.23 bits per heavy atom. The van der Waals surface area contributed by atoms with Gasteiger partial charge in [0.25, 0.3) is 5.91 Å². The monoisotopic (exact) mass is 243 g/mol. The van der Waals surface area contributed by atoms with Gasteiger partial charge in [0.1, 0.15) is 0 Å². The molecule has 0 unspecified atom stereocenters. The van der Waals surface area contributed by atoms with Crippen LogP contribution in [0.3, 0.4) is 0 Å². The smallest absolute Gasteiger partial charge is 0.283 e. The number of hydrogen-bond acceptors (Lipinski definition) is 1. The first kappa shape index (κ1) is 9.92. The van der Waals surface area contributed by atoms with Gasteiger partial charge in [0.15, 0.2) is 5.83 Å². The van der Waals surface area contributed by atoms with Gasteiger partial charge in [-0.1, -0.05) is 28.6 Å². The summed E-state index contributed by atoms with van der Waals surface area (Å²) in [7, 11) is 0. The number of anilines is 1. The highest BCUT2D eigenvalue weighted by Gasteiger charge is 2.05. The predicted octanol–water partition coefficient (Wildman–Crippen LogP) is 2.87. The Bertz CT molecular complexity index is 351. The van der Waals surface area contributed by atoms with Gasteiger partial charge in [-0.05, 0) is 18.2 Å². The molecule has 0 atom stereocenters. The molecule has 0 aromatic heterocycles. The quantitative estimate of drug-likeness (QED) is 0.796. The average Bonchev–Trinajstić information content (AvgIpc) is 2.04. The molecule has 1 amide bonds. The Morgan fingerprint density at radius 1 is 1.54 bits per heavy atom. The van der Waals surface area contributed by atoms with E-state index in [1.165, 1.54) is 0 Å². The van der Waals surface area contributed by atoms with E-state index in [1.807, 2.05) is 0 Å². The molecule has 1 aromatic carbocycles. The molecule has 0 saturated carbocycles. The summed E-state index contributed by atoms with van der Waals surface area (Å²) in [5, 5.41) is 2.34. The predicted molar refractivity (Wildman–Crippen MR) is 53.0 cm³/mol. The lowest BCUT2D eigenvalue weighted by Gasteiger charge is -2.02. The van der Waals surface area contributed by atoms with Crippen molar-refractivity contribution in [3.05, 3.63) is 41.1 Å². The van der Waals surface area contributed by atoms with E-state index in [0.29, 0.717) is 5.69 Å². The standard InChI is InChI=1S/C9H7BrFNO/c1-6(11)9(13)12-8-4-2-3-7(10)5-8/h2-5H,1H2,(H,12,13). The van der Waals surface area contributed by atoms with Crippen LogP contribution < -0.4 is 5.32 Å². The number of carbonyl (C=O) groups excluding carboxylic acids is 1. The zero-order chi connectivity index (χ0) is 9.84. The molecule has 0 aliphatic carbocycles. The summed E-state index contributed by atoms with van der Waals surface area (Å²) < 4.78 is 13.1. The average molecular weight is 244 g/mol. The Balaban J connectivity index is 2.75. The van der Waals surface area contributed by atoms with Crippen molar-refractivity contribution >= 4 is 27.5 Å². The number of benzene rings is 1. The number of carbonyl (C=O) groups is 1. The van der Waals surface area contributed by atoms with E-state index in [-0.39, 0.29) is 0 Å². The van der Waals surface area contributed by atoms with Crippen LogP contribution in [0.2, 0.25) is 0 Å². The fourth-order valence-corrected chi connectivity index (χ4v) is 1.16. The Morgan fingerprint density at radius 3 is 2.77 bits per heavy atom. The van der Waals surface area contributed by atoms with Gasteiger partial charge < -0.3 is 5.32 Å². The van der Waals surface area contributed by atoms with Crippen LogP contribution in [0.5, 0.6) is 0 Å². The number of nitrogens with one attached hydrogen (secondary N) is 1. The minimum atomic E-state index is -1.00. The van der Waals surface area contributed by atoms with Crippen molar-refractivity contribution in [2.24, 2.45) is 0 Å². The van der Waals surface area contributed by atoms with Crippen molar-refractivity contribution in [1.29, 1.82) is 0 Å². The van der Waals surface area contributed by atoms with Crippen LogP contribution in [0.15, 0.2) is 41.1 Å². The summed E-state index contributed by atoms with van der Waals surface area (Å²) in [6.45, 7) is 2.88. The molecular weight excluding hydrogens is 237 g/mol. The third kappa shape index (κ3) is 2.99. The molecule has 0 heterocycles. The van der Waals surface area contributed by atoms with Crippen LogP contribution in [0.4, 0.5) is 10.1 Å². The molecule has 0 aliphatic heterocycles. The Hall–Kier alpha value is -1.16. The third-order valence-corrected chi connectivity index (χ3v) is 1.82. The minimum Gasteiger partial charge on any atom is -0.320 e. The second-order valence-electron chi connectivity index (χ2n) is 2.37. The first-order valence-electron chi connectivity index (χ1n) is 3.51. The van der Waals surface area contributed by atoms with Crippen LogP contribution in [-0.2, 0) is 4.79 Å².